The highest BCUT2D eigenvalue weighted by molar-refractivity contribution is 5.73. The van der Waals surface area contributed by atoms with Crippen molar-refractivity contribution in [1.29, 1.82) is 0 Å². The van der Waals surface area contributed by atoms with Gasteiger partial charge in [-0.15, -0.1) is 6.42 Å². The van der Waals surface area contributed by atoms with Crippen molar-refractivity contribution >= 4 is 0 Å². The molecule has 46 heavy (non-hydrogen) atoms. The highest BCUT2D eigenvalue weighted by atomic mass is 16.3. The van der Waals surface area contributed by atoms with Gasteiger partial charge in [0.05, 0.1) is 0 Å². The topological polar surface area (TPSA) is 40.5 Å². The fourth-order valence-electron chi connectivity index (χ4n) is 5.73. The average molecular weight is 611 g/mol. The molecule has 0 radical (unpaired) electrons. The highest BCUT2D eigenvalue weighted by Gasteiger charge is 2.28. The van der Waals surface area contributed by atoms with Crippen molar-refractivity contribution < 1.29 is 10.2 Å². The third-order valence-electron chi connectivity index (χ3n) is 8.52. The largest absolute Gasteiger partial charge is 0.507 e. The lowest BCUT2D eigenvalue weighted by Crippen LogP contribution is -2.17. The molecule has 2 N–H and O–H groups in total. The van der Waals surface area contributed by atoms with Crippen LogP contribution in [-0.2, 0) is 21.7 Å². The Morgan fingerprint density at radius 1 is 0.435 bits per heavy atom. The van der Waals surface area contributed by atoms with E-state index in [1.54, 1.807) is 0 Å². The lowest BCUT2D eigenvalue weighted by molar-refractivity contribution is 0.422. The van der Waals surface area contributed by atoms with Crippen molar-refractivity contribution in [1.82, 2.24) is 0 Å². The number of hydrogen-bond donors (Lipinski definition) is 2. The molecular formula is C44H50O2. The summed E-state index contributed by atoms with van der Waals surface area (Å²) in [5.41, 5.74) is 9.48. The van der Waals surface area contributed by atoms with Gasteiger partial charge in [-0.2, -0.15) is 0 Å². The number of terminal acetylenes is 1. The lowest BCUT2D eigenvalue weighted by Gasteiger charge is -2.28. The molecule has 0 aliphatic carbocycles. The van der Waals surface area contributed by atoms with Gasteiger partial charge in [0.25, 0.3) is 0 Å². The Bertz CT molecular complexity index is 1800. The smallest absolute Gasteiger partial charge is 0.123 e. The summed E-state index contributed by atoms with van der Waals surface area (Å²) in [6, 6.07) is 22.7. The second kappa shape index (κ2) is 12.1. The van der Waals surface area contributed by atoms with Crippen molar-refractivity contribution in [3.05, 3.63) is 106 Å². The van der Waals surface area contributed by atoms with Crippen LogP contribution >= 0.6 is 0 Å². The van der Waals surface area contributed by atoms with E-state index in [-0.39, 0.29) is 21.7 Å². The van der Waals surface area contributed by atoms with Gasteiger partial charge in [0.15, 0.2) is 0 Å². The molecule has 0 aliphatic rings. The quantitative estimate of drug-likeness (QED) is 0.222. The molecule has 0 aliphatic heterocycles. The highest BCUT2D eigenvalue weighted by Crippen LogP contribution is 2.43. The van der Waals surface area contributed by atoms with Crippen molar-refractivity contribution in [2.75, 3.05) is 0 Å². The summed E-state index contributed by atoms with van der Waals surface area (Å²) in [6.45, 7) is 25.5. The lowest BCUT2D eigenvalue weighted by atomic mass is 9.77. The first kappa shape index (κ1) is 34.5. The first-order chi connectivity index (χ1) is 21.1. The minimum absolute atomic E-state index is 0.197. The Morgan fingerprint density at radius 2 is 0.804 bits per heavy atom. The first-order valence-electron chi connectivity index (χ1n) is 16.1. The number of aromatic hydroxyl groups is 2. The zero-order valence-corrected chi connectivity index (χ0v) is 29.8. The van der Waals surface area contributed by atoms with Crippen LogP contribution in [0.1, 0.15) is 122 Å². The van der Waals surface area contributed by atoms with E-state index >= 15 is 0 Å². The predicted octanol–water partition coefficient (Wildman–Crippen LogP) is 11.0. The molecule has 4 rings (SSSR count). The van der Waals surface area contributed by atoms with Gasteiger partial charge >= 0.3 is 0 Å². The van der Waals surface area contributed by atoms with Crippen LogP contribution in [0.4, 0.5) is 0 Å². The zero-order valence-electron chi connectivity index (χ0n) is 29.8. The van der Waals surface area contributed by atoms with Crippen LogP contribution in [0.25, 0.3) is 22.3 Å². The van der Waals surface area contributed by atoms with Gasteiger partial charge in [0.2, 0.25) is 0 Å². The Balaban J connectivity index is 1.76. The van der Waals surface area contributed by atoms with Crippen LogP contribution < -0.4 is 0 Å². The number of benzene rings is 4. The molecule has 0 saturated carbocycles. The van der Waals surface area contributed by atoms with E-state index in [4.69, 9.17) is 6.42 Å². The molecule has 0 amide bonds. The SMILES string of the molecule is C#Cc1ccc(-c2cc(C(C)(C)C)c(O)c(C(C)(C)C)c2)cc1C#Cc1ccc(-c2cc(C(C)(C)C)c(O)c(C(C)(C)C)c2)cc1. The van der Waals surface area contributed by atoms with Gasteiger partial charge in [0, 0.05) is 38.9 Å². The molecule has 4 aromatic carbocycles. The number of rotatable bonds is 2. The van der Waals surface area contributed by atoms with E-state index in [0.717, 1.165) is 61.2 Å². The Kier molecular flexibility index (Phi) is 9.05. The minimum atomic E-state index is -0.226. The third-order valence-corrected chi connectivity index (χ3v) is 8.52. The standard InChI is InChI=1S/C44H50O2/c1-14-29-21-22-32(34-26-37(43(8,9)10)40(46)38(27-34)44(11,12)13)23-31(29)20-17-28-15-18-30(19-16-28)33-24-35(41(2,3)4)39(45)36(25-33)42(5,6)7/h1,15-16,18-19,21-27,45-46H,2-13H3. The molecule has 0 aromatic heterocycles. The van der Waals surface area contributed by atoms with Crippen LogP contribution in [0, 0.1) is 24.2 Å². The zero-order chi connectivity index (χ0) is 34.4. The Hall–Kier alpha value is -4.40. The monoisotopic (exact) mass is 610 g/mol. The maximum Gasteiger partial charge on any atom is 0.123 e. The van der Waals surface area contributed by atoms with Crippen molar-refractivity contribution in [2.24, 2.45) is 0 Å². The van der Waals surface area contributed by atoms with Gasteiger partial charge in [0.1, 0.15) is 11.5 Å². The molecule has 0 fully saturated rings. The third kappa shape index (κ3) is 7.35. The van der Waals surface area contributed by atoms with Crippen LogP contribution in [0.5, 0.6) is 11.5 Å². The predicted molar refractivity (Wildman–Crippen MR) is 196 cm³/mol. The van der Waals surface area contributed by atoms with Crippen LogP contribution in [-0.4, -0.2) is 10.2 Å². The van der Waals surface area contributed by atoms with Gasteiger partial charge in [-0.1, -0.05) is 119 Å². The molecule has 0 spiro atoms. The molecule has 0 heterocycles. The maximum atomic E-state index is 11.2. The van der Waals surface area contributed by atoms with Crippen molar-refractivity contribution in [3.8, 4) is 57.9 Å². The second-order valence-corrected chi connectivity index (χ2v) is 16.6. The summed E-state index contributed by atoms with van der Waals surface area (Å²) in [4.78, 5) is 0. The number of hydrogen-bond acceptors (Lipinski definition) is 2. The second-order valence-electron chi connectivity index (χ2n) is 16.6. The molecule has 2 heteroatoms. The Labute approximate surface area is 277 Å². The Morgan fingerprint density at radius 3 is 1.17 bits per heavy atom. The molecule has 2 nitrogen and oxygen atoms in total. The van der Waals surface area contributed by atoms with Crippen LogP contribution in [0.2, 0.25) is 0 Å². The van der Waals surface area contributed by atoms with Gasteiger partial charge < -0.3 is 10.2 Å². The molecule has 238 valence electrons. The fourth-order valence-corrected chi connectivity index (χ4v) is 5.73. The van der Waals surface area contributed by atoms with E-state index < -0.39 is 0 Å². The van der Waals surface area contributed by atoms with E-state index in [1.807, 2.05) is 24.3 Å². The summed E-state index contributed by atoms with van der Waals surface area (Å²) in [5.74, 6) is 10.2. The summed E-state index contributed by atoms with van der Waals surface area (Å²) >= 11 is 0. The van der Waals surface area contributed by atoms with Gasteiger partial charge in [-0.25, -0.2) is 0 Å². The molecule has 0 atom stereocenters. The summed E-state index contributed by atoms with van der Waals surface area (Å²) < 4.78 is 0. The maximum absolute atomic E-state index is 11.2. The molecule has 4 aromatic rings. The number of phenols is 2. The van der Waals surface area contributed by atoms with E-state index in [1.165, 1.54) is 0 Å². The normalized spacial score (nSPS) is 12.3. The molecule has 0 unspecified atom stereocenters. The van der Waals surface area contributed by atoms with E-state index in [0.29, 0.717) is 11.5 Å². The summed E-state index contributed by atoms with van der Waals surface area (Å²) in [5, 5.41) is 22.4. The first-order valence-corrected chi connectivity index (χ1v) is 16.1. The van der Waals surface area contributed by atoms with Crippen molar-refractivity contribution in [3.63, 3.8) is 0 Å². The fraction of sp³-hybridized carbons (Fsp3) is 0.364. The molecule has 0 saturated heterocycles. The minimum Gasteiger partial charge on any atom is -0.507 e. The molecule has 0 bridgehead atoms. The van der Waals surface area contributed by atoms with Crippen molar-refractivity contribution in [2.45, 2.75) is 105 Å². The van der Waals surface area contributed by atoms with Gasteiger partial charge in [-0.3, -0.25) is 0 Å². The van der Waals surface area contributed by atoms with Gasteiger partial charge in [-0.05, 0) is 92.4 Å². The van der Waals surface area contributed by atoms with Crippen LogP contribution in [0.3, 0.4) is 0 Å². The van der Waals surface area contributed by atoms with E-state index in [9.17, 15) is 10.2 Å². The average Bonchev–Trinajstić information content (AvgIpc) is 2.94. The molecular weight excluding hydrogens is 560 g/mol. The summed E-state index contributed by atoms with van der Waals surface area (Å²) in [6.07, 6.45) is 5.90. The van der Waals surface area contributed by atoms with Crippen LogP contribution in [0.15, 0.2) is 66.7 Å². The van der Waals surface area contributed by atoms with E-state index in [2.05, 4.69) is 143 Å². The summed E-state index contributed by atoms with van der Waals surface area (Å²) in [7, 11) is 0. The number of phenolic OH excluding ortho intramolecular Hbond substituents is 2.